The summed E-state index contributed by atoms with van der Waals surface area (Å²) in [6, 6.07) is 0.155. The first-order valence-electron chi connectivity index (χ1n) is 7.64. The summed E-state index contributed by atoms with van der Waals surface area (Å²) in [5.41, 5.74) is -0.742. The second-order valence-electron chi connectivity index (χ2n) is 6.37. The number of urea groups is 1. The molecule has 3 rings (SSSR count). The summed E-state index contributed by atoms with van der Waals surface area (Å²) in [7, 11) is 0. The van der Waals surface area contributed by atoms with Crippen LogP contribution >= 0.6 is 0 Å². The van der Waals surface area contributed by atoms with Gasteiger partial charge in [0.2, 0.25) is 0 Å². The van der Waals surface area contributed by atoms with Crippen molar-refractivity contribution in [2.45, 2.75) is 50.6 Å². The van der Waals surface area contributed by atoms with E-state index in [-0.39, 0.29) is 17.9 Å². The van der Waals surface area contributed by atoms with Gasteiger partial charge >= 0.3 is 6.03 Å². The summed E-state index contributed by atoms with van der Waals surface area (Å²) in [5.74, 6) is 0.0200. The average molecular weight is 277 g/mol. The van der Waals surface area contributed by atoms with Gasteiger partial charge in [0.05, 0.1) is 0 Å². The van der Waals surface area contributed by atoms with Gasteiger partial charge in [-0.2, -0.15) is 0 Å². The average Bonchev–Trinajstić information content (AvgIpc) is 2.74. The molecule has 0 bridgehead atoms. The molecule has 0 saturated carbocycles. The van der Waals surface area contributed by atoms with Crippen molar-refractivity contribution in [2.24, 2.45) is 5.92 Å². The van der Waals surface area contributed by atoms with Gasteiger partial charge in [0.25, 0.3) is 5.91 Å². The van der Waals surface area contributed by atoms with E-state index >= 15 is 0 Å². The molecule has 1 aliphatic carbocycles. The number of hydrogen-bond donors (Lipinski definition) is 2. The van der Waals surface area contributed by atoms with E-state index in [1.54, 1.807) is 0 Å². The van der Waals surface area contributed by atoms with Gasteiger partial charge in [-0.1, -0.05) is 12.2 Å². The Kier molecular flexibility index (Phi) is 3.54. The lowest BCUT2D eigenvalue weighted by molar-refractivity contribution is -0.126. The third-order valence-corrected chi connectivity index (χ3v) is 5.04. The maximum atomic E-state index is 12.1. The highest BCUT2D eigenvalue weighted by Crippen LogP contribution is 2.31. The van der Waals surface area contributed by atoms with E-state index in [9.17, 15) is 9.59 Å². The molecule has 2 saturated heterocycles. The zero-order valence-electron chi connectivity index (χ0n) is 12.0. The summed E-state index contributed by atoms with van der Waals surface area (Å²) in [6.45, 7) is 3.84. The van der Waals surface area contributed by atoms with Gasteiger partial charge in [-0.05, 0) is 45.6 Å². The zero-order chi connectivity index (χ0) is 14.2. The van der Waals surface area contributed by atoms with Gasteiger partial charge in [-0.3, -0.25) is 15.0 Å². The molecule has 0 aromatic carbocycles. The number of nitrogens with one attached hydrogen (secondary N) is 2. The predicted octanol–water partition coefficient (Wildman–Crippen LogP) is 1.41. The Morgan fingerprint density at radius 1 is 1.30 bits per heavy atom. The maximum Gasteiger partial charge on any atom is 0.322 e. The molecule has 2 heterocycles. The van der Waals surface area contributed by atoms with Gasteiger partial charge in [0, 0.05) is 18.5 Å². The van der Waals surface area contributed by atoms with Crippen molar-refractivity contribution in [3.63, 3.8) is 0 Å². The molecule has 0 spiro atoms. The van der Waals surface area contributed by atoms with Gasteiger partial charge in [-0.25, -0.2) is 4.79 Å². The first kappa shape index (κ1) is 13.6. The molecular weight excluding hydrogens is 254 g/mol. The standard InChI is InChI=1S/C15H23N3O2/c1-15(13(19)16-14(20)17-15)11-6-5-9-18(10-11)12-7-3-2-4-8-12/h3,7,11-12H,2,4-6,8-10H2,1H3,(H2,16,17,19,20)/t11-,12-,15-/m1/s1. The quantitative estimate of drug-likeness (QED) is 0.592. The van der Waals surface area contributed by atoms with Gasteiger partial charge in [0.15, 0.2) is 0 Å². The number of rotatable bonds is 2. The van der Waals surface area contributed by atoms with Gasteiger partial charge in [0.1, 0.15) is 5.54 Å². The highest BCUT2D eigenvalue weighted by atomic mass is 16.2. The minimum atomic E-state index is -0.742. The van der Waals surface area contributed by atoms with Crippen molar-refractivity contribution in [3.8, 4) is 0 Å². The summed E-state index contributed by atoms with van der Waals surface area (Å²) in [6.07, 6.45) is 10.3. The number of nitrogens with zero attached hydrogens (tertiary/aromatic N) is 1. The molecule has 0 aromatic rings. The Hall–Kier alpha value is -1.36. The van der Waals surface area contributed by atoms with Crippen molar-refractivity contribution < 1.29 is 9.59 Å². The second kappa shape index (κ2) is 5.20. The molecule has 3 amide bonds. The summed E-state index contributed by atoms with van der Waals surface area (Å²) < 4.78 is 0. The molecule has 5 nitrogen and oxygen atoms in total. The Morgan fingerprint density at radius 2 is 2.15 bits per heavy atom. The third-order valence-electron chi connectivity index (χ3n) is 5.04. The molecule has 110 valence electrons. The summed E-state index contributed by atoms with van der Waals surface area (Å²) in [5, 5.41) is 5.21. The molecule has 3 aliphatic rings. The summed E-state index contributed by atoms with van der Waals surface area (Å²) >= 11 is 0. The number of imide groups is 1. The van der Waals surface area contributed by atoms with Crippen LogP contribution in [0.15, 0.2) is 12.2 Å². The van der Waals surface area contributed by atoms with E-state index in [4.69, 9.17) is 0 Å². The fourth-order valence-corrected chi connectivity index (χ4v) is 3.72. The molecule has 3 atom stereocenters. The number of piperidine rings is 1. The molecular formula is C15H23N3O2. The molecule has 0 radical (unpaired) electrons. The van der Waals surface area contributed by atoms with Crippen molar-refractivity contribution in [3.05, 3.63) is 12.2 Å². The fourth-order valence-electron chi connectivity index (χ4n) is 3.72. The molecule has 0 aromatic heterocycles. The minimum Gasteiger partial charge on any atom is -0.323 e. The van der Waals surface area contributed by atoms with Crippen LogP contribution in [-0.4, -0.2) is 41.5 Å². The second-order valence-corrected chi connectivity index (χ2v) is 6.37. The van der Waals surface area contributed by atoms with E-state index in [2.05, 4.69) is 27.7 Å². The van der Waals surface area contributed by atoms with Crippen LogP contribution in [-0.2, 0) is 4.79 Å². The topological polar surface area (TPSA) is 61.4 Å². The highest BCUT2D eigenvalue weighted by molar-refractivity contribution is 6.06. The maximum absolute atomic E-state index is 12.1. The van der Waals surface area contributed by atoms with Crippen LogP contribution in [0.3, 0.4) is 0 Å². The number of hydrogen-bond acceptors (Lipinski definition) is 3. The highest BCUT2D eigenvalue weighted by Gasteiger charge is 2.49. The van der Waals surface area contributed by atoms with Crippen LogP contribution < -0.4 is 10.6 Å². The monoisotopic (exact) mass is 277 g/mol. The lowest BCUT2D eigenvalue weighted by atomic mass is 9.79. The van der Waals surface area contributed by atoms with E-state index in [1.165, 1.54) is 19.3 Å². The van der Waals surface area contributed by atoms with Crippen LogP contribution in [0.2, 0.25) is 0 Å². The van der Waals surface area contributed by atoms with Crippen LogP contribution in [0.1, 0.15) is 39.0 Å². The lowest BCUT2D eigenvalue weighted by Crippen LogP contribution is -2.57. The molecule has 5 heteroatoms. The van der Waals surface area contributed by atoms with Crippen molar-refractivity contribution in [1.82, 2.24) is 15.5 Å². The molecule has 2 N–H and O–H groups in total. The SMILES string of the molecule is C[C@]1([C@@H]2CCCN([C@@H]3C=CCCC3)C2)NC(=O)NC1=O. The molecule has 2 aliphatic heterocycles. The van der Waals surface area contributed by atoms with Gasteiger partial charge in [-0.15, -0.1) is 0 Å². The molecule has 0 unspecified atom stereocenters. The predicted molar refractivity (Wildman–Crippen MR) is 76.2 cm³/mol. The number of amides is 3. The fraction of sp³-hybridized carbons (Fsp3) is 0.733. The van der Waals surface area contributed by atoms with E-state index < -0.39 is 5.54 Å². The van der Waals surface area contributed by atoms with Crippen molar-refractivity contribution >= 4 is 11.9 Å². The number of carbonyl (C=O) groups excluding carboxylic acids is 2. The molecule has 20 heavy (non-hydrogen) atoms. The third kappa shape index (κ3) is 2.35. The molecule has 2 fully saturated rings. The van der Waals surface area contributed by atoms with Crippen LogP contribution in [0, 0.1) is 5.92 Å². The summed E-state index contributed by atoms with van der Waals surface area (Å²) in [4.78, 5) is 26.0. The Balaban J connectivity index is 1.71. The van der Waals surface area contributed by atoms with Crippen molar-refractivity contribution in [1.29, 1.82) is 0 Å². The number of carbonyl (C=O) groups is 2. The number of allylic oxidation sites excluding steroid dienone is 1. The van der Waals surface area contributed by atoms with Crippen molar-refractivity contribution in [2.75, 3.05) is 13.1 Å². The Labute approximate surface area is 119 Å². The normalized spacial score (nSPS) is 38.6. The van der Waals surface area contributed by atoms with E-state index in [0.29, 0.717) is 6.04 Å². The smallest absolute Gasteiger partial charge is 0.322 e. The minimum absolute atomic E-state index is 0.173. The largest absolute Gasteiger partial charge is 0.323 e. The lowest BCUT2D eigenvalue weighted by Gasteiger charge is -2.42. The zero-order valence-corrected chi connectivity index (χ0v) is 12.0. The Bertz CT molecular complexity index is 448. The van der Waals surface area contributed by atoms with Crippen LogP contribution in [0.25, 0.3) is 0 Å². The number of likely N-dealkylation sites (tertiary alicyclic amines) is 1. The van der Waals surface area contributed by atoms with E-state index in [1.807, 2.05) is 6.92 Å². The van der Waals surface area contributed by atoms with E-state index in [0.717, 1.165) is 25.9 Å². The van der Waals surface area contributed by atoms with Crippen LogP contribution in [0.4, 0.5) is 4.79 Å². The van der Waals surface area contributed by atoms with Gasteiger partial charge < -0.3 is 5.32 Å². The van der Waals surface area contributed by atoms with Crippen LogP contribution in [0.5, 0.6) is 0 Å². The first-order chi connectivity index (χ1) is 9.59. The Morgan fingerprint density at radius 3 is 2.80 bits per heavy atom. The first-order valence-corrected chi connectivity index (χ1v) is 7.64.